The van der Waals surface area contributed by atoms with Crippen molar-refractivity contribution in [2.75, 3.05) is 5.73 Å². The minimum absolute atomic E-state index is 0.372. The van der Waals surface area contributed by atoms with Crippen LogP contribution < -0.4 is 5.73 Å². The van der Waals surface area contributed by atoms with E-state index in [9.17, 15) is 0 Å². The van der Waals surface area contributed by atoms with Crippen LogP contribution in [-0.2, 0) is 0 Å². The third-order valence-electron chi connectivity index (χ3n) is 2.38. The molecule has 16 heavy (non-hydrogen) atoms. The van der Waals surface area contributed by atoms with E-state index in [0.717, 1.165) is 10.9 Å². The van der Waals surface area contributed by atoms with Gasteiger partial charge in [-0.2, -0.15) is 5.10 Å². The van der Waals surface area contributed by atoms with Crippen LogP contribution in [0.5, 0.6) is 0 Å². The van der Waals surface area contributed by atoms with Gasteiger partial charge in [0.15, 0.2) is 11.6 Å². The molecule has 0 amide bonds. The summed E-state index contributed by atoms with van der Waals surface area (Å²) in [7, 11) is 0. The number of hydrogen-bond acceptors (Lipinski definition) is 4. The summed E-state index contributed by atoms with van der Waals surface area (Å²) in [5.74, 6) is 0.931. The summed E-state index contributed by atoms with van der Waals surface area (Å²) >= 11 is 0. The first-order valence-corrected chi connectivity index (χ1v) is 4.86. The molecular formula is C11H9N5. The highest BCUT2D eigenvalue weighted by atomic mass is 15.3. The molecule has 3 aromatic rings. The predicted octanol–water partition coefficient (Wildman–Crippen LogP) is 1.40. The van der Waals surface area contributed by atoms with E-state index in [1.54, 1.807) is 23.3 Å². The van der Waals surface area contributed by atoms with E-state index >= 15 is 0 Å². The zero-order chi connectivity index (χ0) is 11.0. The molecule has 0 spiro atoms. The van der Waals surface area contributed by atoms with Crippen molar-refractivity contribution in [1.82, 2.24) is 19.7 Å². The van der Waals surface area contributed by atoms with Gasteiger partial charge in [0.25, 0.3) is 0 Å². The van der Waals surface area contributed by atoms with Crippen LogP contribution in [0.15, 0.2) is 42.9 Å². The first-order valence-electron chi connectivity index (χ1n) is 4.86. The fourth-order valence-corrected chi connectivity index (χ4v) is 1.65. The number of rotatable bonds is 1. The second-order valence-electron chi connectivity index (χ2n) is 3.38. The summed E-state index contributed by atoms with van der Waals surface area (Å²) < 4.78 is 1.69. The number of benzene rings is 1. The van der Waals surface area contributed by atoms with Crippen LogP contribution in [0.2, 0.25) is 0 Å². The Morgan fingerprint density at radius 1 is 1.06 bits per heavy atom. The van der Waals surface area contributed by atoms with Crippen LogP contribution in [0.25, 0.3) is 16.7 Å². The van der Waals surface area contributed by atoms with Gasteiger partial charge in [-0.3, -0.25) is 0 Å². The molecule has 0 saturated carbocycles. The van der Waals surface area contributed by atoms with Crippen LogP contribution in [0.3, 0.4) is 0 Å². The summed E-state index contributed by atoms with van der Waals surface area (Å²) in [4.78, 5) is 8.18. The van der Waals surface area contributed by atoms with Crippen LogP contribution in [-0.4, -0.2) is 19.7 Å². The molecular weight excluding hydrogens is 202 g/mol. The second-order valence-corrected chi connectivity index (χ2v) is 3.38. The van der Waals surface area contributed by atoms with E-state index < -0.39 is 0 Å². The molecule has 2 heterocycles. The van der Waals surface area contributed by atoms with Crippen molar-refractivity contribution in [1.29, 1.82) is 0 Å². The van der Waals surface area contributed by atoms with Crippen molar-refractivity contribution < 1.29 is 0 Å². The van der Waals surface area contributed by atoms with E-state index in [1.165, 1.54) is 0 Å². The number of nitrogens with zero attached hydrogens (tertiary/aromatic N) is 4. The molecule has 0 fully saturated rings. The lowest BCUT2D eigenvalue weighted by molar-refractivity contribution is 0.869. The smallest absolute Gasteiger partial charge is 0.196 e. The van der Waals surface area contributed by atoms with Crippen LogP contribution in [0.1, 0.15) is 0 Å². The normalized spacial score (nSPS) is 10.8. The fourth-order valence-electron chi connectivity index (χ4n) is 1.65. The molecule has 0 saturated heterocycles. The molecule has 0 aliphatic rings. The third kappa shape index (κ3) is 1.22. The van der Waals surface area contributed by atoms with Gasteiger partial charge < -0.3 is 5.73 Å². The van der Waals surface area contributed by atoms with Crippen LogP contribution in [0, 0.1) is 0 Å². The summed E-state index contributed by atoms with van der Waals surface area (Å²) in [5, 5.41) is 5.31. The van der Waals surface area contributed by atoms with Crippen molar-refractivity contribution in [3.63, 3.8) is 0 Å². The first-order chi connectivity index (χ1) is 7.86. The largest absolute Gasteiger partial charge is 0.381 e. The minimum atomic E-state index is 0.372. The van der Waals surface area contributed by atoms with Gasteiger partial charge in [-0.05, 0) is 6.07 Å². The quantitative estimate of drug-likeness (QED) is 0.660. The highest BCUT2D eigenvalue weighted by molar-refractivity contribution is 5.80. The van der Waals surface area contributed by atoms with Gasteiger partial charge in [-0.25, -0.2) is 14.6 Å². The number of hydrogen-bond donors (Lipinski definition) is 1. The number of fused-ring (bicyclic) bond motifs is 1. The summed E-state index contributed by atoms with van der Waals surface area (Å²) in [6.45, 7) is 0. The number of nitrogens with two attached hydrogens (primary N) is 1. The standard InChI is InChI=1S/C11H9N5/c12-10-11(14-6-5-13-10)16-9-4-2-1-3-8(9)7-15-16/h1-7H,(H2,12,13). The Kier molecular flexibility index (Phi) is 1.83. The van der Waals surface area contributed by atoms with Gasteiger partial charge in [0.1, 0.15) is 0 Å². The Morgan fingerprint density at radius 2 is 1.88 bits per heavy atom. The van der Waals surface area contributed by atoms with E-state index in [2.05, 4.69) is 15.1 Å². The van der Waals surface area contributed by atoms with Crippen molar-refractivity contribution in [3.8, 4) is 5.82 Å². The van der Waals surface area contributed by atoms with E-state index in [-0.39, 0.29) is 0 Å². The molecule has 2 aromatic heterocycles. The van der Waals surface area contributed by atoms with Crippen LogP contribution >= 0.6 is 0 Å². The summed E-state index contributed by atoms with van der Waals surface area (Å²) in [6.07, 6.45) is 4.94. The lowest BCUT2D eigenvalue weighted by Gasteiger charge is -2.03. The molecule has 78 valence electrons. The Balaban J connectivity index is 2.31. The average molecular weight is 211 g/mol. The van der Waals surface area contributed by atoms with Gasteiger partial charge in [0.2, 0.25) is 0 Å². The first kappa shape index (κ1) is 8.84. The number of anilines is 1. The Hall–Kier alpha value is -2.43. The van der Waals surface area contributed by atoms with Gasteiger partial charge in [-0.15, -0.1) is 0 Å². The maximum absolute atomic E-state index is 5.77. The van der Waals surface area contributed by atoms with E-state index in [4.69, 9.17) is 5.73 Å². The van der Waals surface area contributed by atoms with E-state index in [0.29, 0.717) is 11.6 Å². The number of para-hydroxylation sites is 1. The molecule has 3 rings (SSSR count). The highest BCUT2D eigenvalue weighted by Gasteiger charge is 2.08. The maximum Gasteiger partial charge on any atom is 0.196 e. The minimum Gasteiger partial charge on any atom is -0.381 e. The molecule has 0 unspecified atom stereocenters. The van der Waals surface area contributed by atoms with Crippen molar-refractivity contribution in [2.45, 2.75) is 0 Å². The lowest BCUT2D eigenvalue weighted by atomic mass is 10.2. The second kappa shape index (κ2) is 3.30. The highest BCUT2D eigenvalue weighted by Crippen LogP contribution is 2.18. The Labute approximate surface area is 91.6 Å². The van der Waals surface area contributed by atoms with Gasteiger partial charge in [0.05, 0.1) is 11.7 Å². The van der Waals surface area contributed by atoms with Crippen molar-refractivity contribution >= 4 is 16.7 Å². The lowest BCUT2D eigenvalue weighted by Crippen LogP contribution is -2.05. The molecule has 0 bridgehead atoms. The molecule has 0 aliphatic heterocycles. The van der Waals surface area contributed by atoms with Gasteiger partial charge in [0, 0.05) is 17.8 Å². The molecule has 5 heteroatoms. The Bertz CT molecular complexity index is 643. The van der Waals surface area contributed by atoms with E-state index in [1.807, 2.05) is 24.3 Å². The van der Waals surface area contributed by atoms with Crippen molar-refractivity contribution in [2.24, 2.45) is 0 Å². The topological polar surface area (TPSA) is 69.6 Å². The molecule has 2 N–H and O–H groups in total. The van der Waals surface area contributed by atoms with Gasteiger partial charge >= 0.3 is 0 Å². The molecule has 0 atom stereocenters. The number of aromatic nitrogens is 4. The molecule has 0 aliphatic carbocycles. The third-order valence-corrected chi connectivity index (χ3v) is 2.38. The monoisotopic (exact) mass is 211 g/mol. The van der Waals surface area contributed by atoms with Crippen LogP contribution in [0.4, 0.5) is 5.82 Å². The zero-order valence-corrected chi connectivity index (χ0v) is 8.41. The molecule has 1 aromatic carbocycles. The molecule has 5 nitrogen and oxygen atoms in total. The summed E-state index contributed by atoms with van der Waals surface area (Å²) in [6, 6.07) is 7.88. The fraction of sp³-hybridized carbons (Fsp3) is 0. The van der Waals surface area contributed by atoms with Crippen molar-refractivity contribution in [3.05, 3.63) is 42.9 Å². The Morgan fingerprint density at radius 3 is 2.75 bits per heavy atom. The maximum atomic E-state index is 5.77. The SMILES string of the molecule is Nc1nccnc1-n1ncc2ccccc21. The summed E-state index contributed by atoms with van der Waals surface area (Å²) in [5.41, 5.74) is 6.74. The van der Waals surface area contributed by atoms with Gasteiger partial charge in [-0.1, -0.05) is 18.2 Å². The zero-order valence-electron chi connectivity index (χ0n) is 8.41. The predicted molar refractivity (Wildman–Crippen MR) is 61.1 cm³/mol. The molecule has 0 radical (unpaired) electrons. The number of nitrogen functional groups attached to an aromatic ring is 1. The average Bonchev–Trinajstić information content (AvgIpc) is 2.74.